The number of hydrogen-bond acceptors (Lipinski definition) is 5. The quantitative estimate of drug-likeness (QED) is 0.370. The molecule has 0 radical (unpaired) electrons. The Hall–Kier alpha value is -3.65. The molecule has 2 aromatic carbocycles. The Bertz CT molecular complexity index is 1190. The van der Waals surface area contributed by atoms with E-state index in [9.17, 15) is 40.7 Å². The lowest BCUT2D eigenvalue weighted by atomic mass is 10.0. The second-order valence-electron chi connectivity index (χ2n) is 9.13. The zero-order valence-corrected chi connectivity index (χ0v) is 20.5. The van der Waals surface area contributed by atoms with Crippen molar-refractivity contribution in [3.8, 4) is 0 Å². The first-order chi connectivity index (χ1) is 18.2. The van der Waals surface area contributed by atoms with Gasteiger partial charge in [-0.3, -0.25) is 14.4 Å². The molecule has 0 saturated carbocycles. The number of anilines is 1. The van der Waals surface area contributed by atoms with Crippen molar-refractivity contribution in [2.45, 2.75) is 37.3 Å². The van der Waals surface area contributed by atoms with E-state index in [0.29, 0.717) is 6.07 Å². The van der Waals surface area contributed by atoms with Crippen molar-refractivity contribution < 1.29 is 40.7 Å². The number of benzene rings is 2. The molecule has 8 nitrogen and oxygen atoms in total. The first-order valence-corrected chi connectivity index (χ1v) is 11.9. The minimum Gasteiger partial charge on any atom is -0.342 e. The lowest BCUT2D eigenvalue weighted by molar-refractivity contribution is -0.138. The molecular weight excluding hydrogens is 532 g/mol. The molecule has 0 aliphatic carbocycles. The fourth-order valence-electron chi connectivity index (χ4n) is 4.28. The molecule has 1 saturated heterocycles. The summed E-state index contributed by atoms with van der Waals surface area (Å²) in [5.41, 5.74) is 9.25. The van der Waals surface area contributed by atoms with Crippen LogP contribution in [0.15, 0.2) is 48.5 Å². The Morgan fingerprint density at radius 3 is 2.15 bits per heavy atom. The highest BCUT2D eigenvalue weighted by Crippen LogP contribution is 2.31. The molecule has 0 spiro atoms. The average Bonchev–Trinajstić information content (AvgIpc) is 3.32. The first kappa shape index (κ1) is 29.9. The first-order valence-electron chi connectivity index (χ1n) is 11.9. The summed E-state index contributed by atoms with van der Waals surface area (Å²) in [5, 5.41) is 4.82. The van der Waals surface area contributed by atoms with Crippen molar-refractivity contribution in [2.24, 2.45) is 17.4 Å². The summed E-state index contributed by atoms with van der Waals surface area (Å²) in [5.74, 6) is -2.36. The van der Waals surface area contributed by atoms with Crippen LogP contribution in [-0.4, -0.2) is 54.3 Å². The molecule has 3 atom stereocenters. The number of rotatable bonds is 8. The van der Waals surface area contributed by atoms with Crippen molar-refractivity contribution >= 4 is 23.4 Å². The van der Waals surface area contributed by atoms with Crippen molar-refractivity contribution in [2.75, 3.05) is 25.0 Å². The van der Waals surface area contributed by atoms with Gasteiger partial charge in [0.2, 0.25) is 17.7 Å². The molecule has 2 aromatic rings. The summed E-state index contributed by atoms with van der Waals surface area (Å²) in [7, 11) is 0. The summed E-state index contributed by atoms with van der Waals surface area (Å²) in [4.78, 5) is 39.9. The van der Waals surface area contributed by atoms with E-state index >= 15 is 0 Å². The second-order valence-corrected chi connectivity index (χ2v) is 9.13. The van der Waals surface area contributed by atoms with Crippen LogP contribution in [0, 0.1) is 5.92 Å². The summed E-state index contributed by atoms with van der Waals surface area (Å²) in [6.45, 7) is -0.0140. The van der Waals surface area contributed by atoms with Gasteiger partial charge in [0.25, 0.3) is 0 Å². The number of alkyl halides is 6. The molecule has 6 N–H and O–H groups in total. The highest BCUT2D eigenvalue weighted by molar-refractivity contribution is 5.98. The normalized spacial score (nSPS) is 18.5. The average molecular weight is 560 g/mol. The Kier molecular flexibility index (Phi) is 9.22. The van der Waals surface area contributed by atoms with Gasteiger partial charge in [-0.15, -0.1) is 0 Å². The Morgan fingerprint density at radius 2 is 1.59 bits per heavy atom. The van der Waals surface area contributed by atoms with Crippen molar-refractivity contribution in [1.82, 2.24) is 10.2 Å². The number of nitrogens with zero attached hydrogens (tertiary/aromatic N) is 1. The molecular formula is C25H27F6N5O3. The van der Waals surface area contributed by atoms with E-state index in [-0.39, 0.29) is 49.6 Å². The Labute approximate surface area is 219 Å². The molecule has 39 heavy (non-hydrogen) atoms. The Balaban J connectivity index is 1.86. The molecule has 0 bridgehead atoms. The molecule has 3 amide bonds. The van der Waals surface area contributed by atoms with E-state index in [0.717, 1.165) is 36.4 Å². The van der Waals surface area contributed by atoms with Gasteiger partial charge >= 0.3 is 12.4 Å². The number of carbonyl (C=O) groups excluding carboxylic acids is 3. The predicted molar refractivity (Wildman–Crippen MR) is 129 cm³/mol. The van der Waals surface area contributed by atoms with Gasteiger partial charge in [-0.05, 0) is 54.8 Å². The van der Waals surface area contributed by atoms with Gasteiger partial charge in [0, 0.05) is 18.7 Å². The van der Waals surface area contributed by atoms with E-state index in [1.54, 1.807) is 0 Å². The third-order valence-electron chi connectivity index (χ3n) is 6.33. The number of likely N-dealkylation sites (tertiary alicyclic amines) is 1. The standard InChI is InChI=1S/C25H27F6N5O3/c26-24(27,28)16-6-4-14(5-7-16)8-19(22(38)34-18-3-1-2-17(10-18)25(29,30)31)35-23(39)20-9-15(11-32)13-36(20)21(37)12-33/h1-7,10,15,19-20H,8-9,11-13,32-33H2,(H,34,38)(H,35,39)/t15-,19+,20+/m1/s1. The van der Waals surface area contributed by atoms with Gasteiger partial charge < -0.3 is 27.0 Å². The lowest BCUT2D eigenvalue weighted by Gasteiger charge is -2.26. The summed E-state index contributed by atoms with van der Waals surface area (Å²) in [6.07, 6.45) is -9.35. The molecule has 3 rings (SSSR count). The van der Waals surface area contributed by atoms with Crippen LogP contribution in [0.25, 0.3) is 0 Å². The summed E-state index contributed by atoms with van der Waals surface area (Å²) >= 11 is 0. The van der Waals surface area contributed by atoms with Crippen LogP contribution in [0.4, 0.5) is 32.0 Å². The fourth-order valence-corrected chi connectivity index (χ4v) is 4.28. The van der Waals surface area contributed by atoms with Gasteiger partial charge in [-0.25, -0.2) is 0 Å². The number of nitrogens with one attached hydrogen (secondary N) is 2. The number of halogens is 6. The zero-order chi connectivity index (χ0) is 29.0. The topological polar surface area (TPSA) is 131 Å². The van der Waals surface area contributed by atoms with Crippen LogP contribution in [0.5, 0.6) is 0 Å². The maximum absolute atomic E-state index is 13.2. The zero-order valence-electron chi connectivity index (χ0n) is 20.5. The SMILES string of the molecule is NCC(=O)N1C[C@@H](CN)C[C@H]1C(=O)N[C@@H](Cc1ccc(C(F)(F)F)cc1)C(=O)Nc1cccc(C(F)(F)F)c1. The molecule has 1 fully saturated rings. The summed E-state index contributed by atoms with van der Waals surface area (Å²) < 4.78 is 78.2. The molecule has 0 unspecified atom stereocenters. The van der Waals surface area contributed by atoms with E-state index in [1.165, 1.54) is 11.0 Å². The number of nitrogens with two attached hydrogens (primary N) is 2. The van der Waals surface area contributed by atoms with Crippen LogP contribution in [0.3, 0.4) is 0 Å². The summed E-state index contributed by atoms with van der Waals surface area (Å²) in [6, 6.07) is 5.29. The highest BCUT2D eigenvalue weighted by atomic mass is 19.4. The number of hydrogen-bond donors (Lipinski definition) is 4. The van der Waals surface area contributed by atoms with Gasteiger partial charge in [0.15, 0.2) is 0 Å². The van der Waals surface area contributed by atoms with Crippen molar-refractivity contribution in [3.63, 3.8) is 0 Å². The largest absolute Gasteiger partial charge is 0.416 e. The maximum Gasteiger partial charge on any atom is 0.416 e. The van der Waals surface area contributed by atoms with Crippen molar-refractivity contribution in [3.05, 3.63) is 65.2 Å². The second kappa shape index (κ2) is 12.0. The van der Waals surface area contributed by atoms with Crippen LogP contribution >= 0.6 is 0 Å². The Morgan fingerprint density at radius 1 is 0.949 bits per heavy atom. The van der Waals surface area contributed by atoms with Crippen molar-refractivity contribution in [1.29, 1.82) is 0 Å². The van der Waals surface area contributed by atoms with Crippen LogP contribution in [0.2, 0.25) is 0 Å². The van der Waals surface area contributed by atoms with Gasteiger partial charge in [0.1, 0.15) is 12.1 Å². The maximum atomic E-state index is 13.2. The lowest BCUT2D eigenvalue weighted by Crippen LogP contribution is -2.53. The smallest absolute Gasteiger partial charge is 0.342 e. The fraction of sp³-hybridized carbons (Fsp3) is 0.400. The molecule has 1 aliphatic rings. The third-order valence-corrected chi connectivity index (χ3v) is 6.33. The molecule has 1 heterocycles. The van der Waals surface area contributed by atoms with E-state index in [4.69, 9.17) is 11.5 Å². The van der Waals surface area contributed by atoms with Crippen LogP contribution in [-0.2, 0) is 33.2 Å². The van der Waals surface area contributed by atoms with E-state index < -0.39 is 53.3 Å². The molecule has 212 valence electrons. The van der Waals surface area contributed by atoms with Crippen LogP contribution < -0.4 is 22.1 Å². The minimum atomic E-state index is -4.67. The van der Waals surface area contributed by atoms with E-state index in [1.807, 2.05) is 0 Å². The number of carbonyl (C=O) groups is 3. The predicted octanol–water partition coefficient (Wildman–Crippen LogP) is 2.52. The number of amides is 3. The van der Waals surface area contributed by atoms with Gasteiger partial charge in [-0.2, -0.15) is 26.3 Å². The van der Waals surface area contributed by atoms with Crippen LogP contribution in [0.1, 0.15) is 23.1 Å². The molecule has 14 heteroatoms. The molecule has 1 aliphatic heterocycles. The minimum absolute atomic E-state index is 0.171. The third kappa shape index (κ3) is 7.69. The highest BCUT2D eigenvalue weighted by Gasteiger charge is 2.40. The molecule has 0 aromatic heterocycles. The van der Waals surface area contributed by atoms with Gasteiger partial charge in [-0.1, -0.05) is 18.2 Å². The van der Waals surface area contributed by atoms with Gasteiger partial charge in [0.05, 0.1) is 17.7 Å². The van der Waals surface area contributed by atoms with E-state index in [2.05, 4.69) is 10.6 Å². The monoisotopic (exact) mass is 559 g/mol.